The standard InChI is InChI=1S/C24H33ClN8O/c1-26-24-28-15-18(25)22(30-24)29-19-3-4-20(17-7-10-31(2)23(34)21(17)19)33-11-5-16(6-12-33)32-13-8-27-9-14-32/h3-4,15-16,27H,5-14H2,1-2H3,(H2,26,28,29,30). The maximum atomic E-state index is 13.3. The van der Waals surface area contributed by atoms with Crippen LogP contribution in [0.15, 0.2) is 18.3 Å². The number of hydrogen-bond donors (Lipinski definition) is 3. The van der Waals surface area contributed by atoms with E-state index in [4.69, 9.17) is 11.6 Å². The highest BCUT2D eigenvalue weighted by atomic mass is 35.5. The number of piperidine rings is 1. The first-order valence-electron chi connectivity index (χ1n) is 12.1. The van der Waals surface area contributed by atoms with Gasteiger partial charge in [-0.25, -0.2) is 4.98 Å². The third kappa shape index (κ3) is 4.52. The number of anilines is 4. The van der Waals surface area contributed by atoms with Gasteiger partial charge >= 0.3 is 0 Å². The number of halogens is 1. The lowest BCUT2D eigenvalue weighted by Crippen LogP contribution is -2.52. The molecule has 0 unspecified atom stereocenters. The van der Waals surface area contributed by atoms with Crippen molar-refractivity contribution < 1.29 is 4.79 Å². The number of benzene rings is 1. The molecule has 1 aromatic heterocycles. The van der Waals surface area contributed by atoms with E-state index in [-0.39, 0.29) is 5.91 Å². The van der Waals surface area contributed by atoms with Crippen molar-refractivity contribution in [3.05, 3.63) is 34.5 Å². The minimum atomic E-state index is 0.0281. The molecule has 2 fully saturated rings. The van der Waals surface area contributed by atoms with Crippen LogP contribution in [0.3, 0.4) is 0 Å². The monoisotopic (exact) mass is 484 g/mol. The second-order valence-corrected chi connectivity index (χ2v) is 9.64. The van der Waals surface area contributed by atoms with Crippen LogP contribution in [0.25, 0.3) is 0 Å². The highest BCUT2D eigenvalue weighted by molar-refractivity contribution is 6.33. The van der Waals surface area contributed by atoms with Crippen LogP contribution in [0, 0.1) is 0 Å². The third-order valence-electron chi connectivity index (χ3n) is 7.24. The number of hydrogen-bond acceptors (Lipinski definition) is 8. The van der Waals surface area contributed by atoms with Gasteiger partial charge in [-0.3, -0.25) is 9.69 Å². The summed E-state index contributed by atoms with van der Waals surface area (Å²) in [6, 6.07) is 4.80. The van der Waals surface area contributed by atoms with Gasteiger partial charge in [-0.15, -0.1) is 0 Å². The van der Waals surface area contributed by atoms with Crippen molar-refractivity contribution in [1.82, 2.24) is 25.1 Å². The highest BCUT2D eigenvalue weighted by Crippen LogP contribution is 2.37. The van der Waals surface area contributed by atoms with E-state index in [0.29, 0.717) is 22.8 Å². The number of carbonyl (C=O) groups excluding carboxylic acids is 1. The Kier molecular flexibility index (Phi) is 6.76. The van der Waals surface area contributed by atoms with E-state index >= 15 is 0 Å². The van der Waals surface area contributed by atoms with E-state index in [1.165, 1.54) is 5.69 Å². The molecule has 0 bridgehead atoms. The SMILES string of the molecule is CNc1ncc(Cl)c(Nc2ccc(N3CCC(N4CCNCC4)CC3)c3c2C(=O)N(C)CC3)n1. The lowest BCUT2D eigenvalue weighted by atomic mass is 9.93. The van der Waals surface area contributed by atoms with Crippen LogP contribution in [-0.4, -0.2) is 91.6 Å². The molecule has 9 nitrogen and oxygen atoms in total. The number of likely N-dealkylation sites (N-methyl/N-ethyl adjacent to an activating group) is 1. The molecule has 0 spiro atoms. The summed E-state index contributed by atoms with van der Waals surface area (Å²) >= 11 is 6.36. The third-order valence-corrected chi connectivity index (χ3v) is 7.52. The van der Waals surface area contributed by atoms with Crippen molar-refractivity contribution in [3.63, 3.8) is 0 Å². The largest absolute Gasteiger partial charge is 0.371 e. The fourth-order valence-electron chi connectivity index (χ4n) is 5.33. The second kappa shape index (κ2) is 9.93. The molecule has 1 aromatic carbocycles. The van der Waals surface area contributed by atoms with Gasteiger partial charge in [0.1, 0.15) is 5.02 Å². The Hall–Kier alpha value is -2.62. The highest BCUT2D eigenvalue weighted by Gasteiger charge is 2.31. The Balaban J connectivity index is 1.41. The van der Waals surface area contributed by atoms with Crippen molar-refractivity contribution in [2.75, 3.05) is 75.4 Å². The lowest BCUT2D eigenvalue weighted by molar-refractivity contribution is 0.0782. The van der Waals surface area contributed by atoms with Crippen LogP contribution in [0.4, 0.5) is 23.1 Å². The molecule has 0 saturated carbocycles. The average Bonchev–Trinajstić information content (AvgIpc) is 2.88. The zero-order chi connectivity index (χ0) is 23.7. The van der Waals surface area contributed by atoms with E-state index in [1.807, 2.05) is 13.1 Å². The molecule has 0 radical (unpaired) electrons. The molecule has 182 valence electrons. The summed E-state index contributed by atoms with van der Waals surface area (Å²) in [5.74, 6) is 0.974. The van der Waals surface area contributed by atoms with Gasteiger partial charge in [0.25, 0.3) is 5.91 Å². The summed E-state index contributed by atoms with van der Waals surface area (Å²) in [5, 5.41) is 10.1. The summed E-state index contributed by atoms with van der Waals surface area (Å²) in [6.07, 6.45) is 4.71. The Morgan fingerprint density at radius 2 is 1.88 bits per heavy atom. The van der Waals surface area contributed by atoms with Gasteiger partial charge in [-0.2, -0.15) is 4.98 Å². The molecule has 3 N–H and O–H groups in total. The first kappa shape index (κ1) is 23.1. The number of amides is 1. The van der Waals surface area contributed by atoms with E-state index in [0.717, 1.165) is 81.9 Å². The Bertz CT molecular complexity index is 1050. The summed E-state index contributed by atoms with van der Waals surface area (Å²) < 4.78 is 0. The molecular formula is C24H33ClN8O. The first-order chi connectivity index (χ1) is 16.5. The average molecular weight is 485 g/mol. The Morgan fingerprint density at radius 1 is 1.12 bits per heavy atom. The molecule has 10 heteroatoms. The van der Waals surface area contributed by atoms with Crippen molar-refractivity contribution >= 4 is 40.6 Å². The molecule has 0 atom stereocenters. The van der Waals surface area contributed by atoms with E-state index < -0.39 is 0 Å². The van der Waals surface area contributed by atoms with Crippen LogP contribution >= 0.6 is 11.6 Å². The number of nitrogens with one attached hydrogen (secondary N) is 3. The summed E-state index contributed by atoms with van der Waals surface area (Å²) in [6.45, 7) is 7.21. The molecule has 3 aliphatic rings. The van der Waals surface area contributed by atoms with Crippen LogP contribution in [0.2, 0.25) is 5.02 Å². The lowest BCUT2D eigenvalue weighted by Gasteiger charge is -2.42. The molecule has 4 heterocycles. The van der Waals surface area contributed by atoms with Crippen LogP contribution in [-0.2, 0) is 6.42 Å². The summed E-state index contributed by atoms with van der Waals surface area (Å²) in [7, 11) is 3.62. The molecule has 3 aliphatic heterocycles. The minimum Gasteiger partial charge on any atom is -0.371 e. The molecule has 2 aromatic rings. The minimum absolute atomic E-state index is 0.0281. The van der Waals surface area contributed by atoms with Gasteiger partial charge in [-0.05, 0) is 37.0 Å². The maximum Gasteiger partial charge on any atom is 0.256 e. The van der Waals surface area contributed by atoms with Gasteiger partial charge < -0.3 is 25.8 Å². The zero-order valence-corrected chi connectivity index (χ0v) is 20.7. The second-order valence-electron chi connectivity index (χ2n) is 9.23. The van der Waals surface area contributed by atoms with Crippen LogP contribution in [0.1, 0.15) is 28.8 Å². The summed E-state index contributed by atoms with van der Waals surface area (Å²) in [5.41, 5.74) is 3.75. The van der Waals surface area contributed by atoms with Crippen molar-refractivity contribution in [1.29, 1.82) is 0 Å². The van der Waals surface area contributed by atoms with Crippen molar-refractivity contribution in [3.8, 4) is 0 Å². The number of fused-ring (bicyclic) bond motifs is 1. The van der Waals surface area contributed by atoms with E-state index in [2.05, 4.69) is 41.8 Å². The van der Waals surface area contributed by atoms with Crippen LogP contribution < -0.4 is 20.9 Å². The topological polar surface area (TPSA) is 88.7 Å². The number of piperazine rings is 1. The van der Waals surface area contributed by atoms with Gasteiger partial charge in [-0.1, -0.05) is 11.6 Å². The fraction of sp³-hybridized carbons (Fsp3) is 0.542. The first-order valence-corrected chi connectivity index (χ1v) is 12.5. The smallest absolute Gasteiger partial charge is 0.256 e. The van der Waals surface area contributed by atoms with E-state index in [9.17, 15) is 4.79 Å². The number of nitrogens with zero attached hydrogens (tertiary/aromatic N) is 5. The van der Waals surface area contributed by atoms with Crippen molar-refractivity contribution in [2.24, 2.45) is 0 Å². The molecule has 34 heavy (non-hydrogen) atoms. The molecule has 5 rings (SSSR count). The summed E-state index contributed by atoms with van der Waals surface area (Å²) in [4.78, 5) is 28.8. The maximum absolute atomic E-state index is 13.3. The van der Waals surface area contributed by atoms with Gasteiger partial charge in [0.05, 0.1) is 17.4 Å². The van der Waals surface area contributed by atoms with Gasteiger partial charge in [0.15, 0.2) is 5.82 Å². The predicted molar refractivity (Wildman–Crippen MR) is 137 cm³/mol. The number of carbonyl (C=O) groups is 1. The van der Waals surface area contributed by atoms with Gasteiger partial charge in [0, 0.05) is 71.6 Å². The Morgan fingerprint density at radius 3 is 2.62 bits per heavy atom. The zero-order valence-electron chi connectivity index (χ0n) is 19.9. The van der Waals surface area contributed by atoms with E-state index in [1.54, 1.807) is 18.1 Å². The Labute approximate surface area is 205 Å². The molecule has 1 amide bonds. The fourth-order valence-corrected chi connectivity index (χ4v) is 5.47. The molecule has 2 saturated heterocycles. The normalized spacial score (nSPS) is 19.8. The van der Waals surface area contributed by atoms with Crippen molar-refractivity contribution in [2.45, 2.75) is 25.3 Å². The quantitative estimate of drug-likeness (QED) is 0.596. The van der Waals surface area contributed by atoms with Crippen LogP contribution in [0.5, 0.6) is 0 Å². The van der Waals surface area contributed by atoms with Gasteiger partial charge in [0.2, 0.25) is 5.95 Å². The molecule has 0 aliphatic carbocycles. The number of aromatic nitrogens is 2. The molecular weight excluding hydrogens is 452 g/mol. The number of rotatable bonds is 5. The predicted octanol–water partition coefficient (Wildman–Crippen LogP) is 2.42.